The molecule has 2 aromatic rings. The number of ether oxygens (including phenoxy) is 2. The minimum absolute atomic E-state index is 0.121. The first-order valence-corrected chi connectivity index (χ1v) is 13.3. The van der Waals surface area contributed by atoms with Gasteiger partial charge in [0.25, 0.3) is 5.91 Å². The summed E-state index contributed by atoms with van der Waals surface area (Å²) in [6.07, 6.45) is 0.321. The van der Waals surface area contributed by atoms with Gasteiger partial charge in [0, 0.05) is 36.6 Å². The zero-order valence-electron chi connectivity index (χ0n) is 19.7. The van der Waals surface area contributed by atoms with Gasteiger partial charge in [0.2, 0.25) is 10.0 Å². The fourth-order valence-corrected chi connectivity index (χ4v) is 7.27. The number of rotatable bonds is 5. The van der Waals surface area contributed by atoms with Crippen molar-refractivity contribution < 1.29 is 27.5 Å². The third-order valence-corrected chi connectivity index (χ3v) is 8.98. The molecule has 0 saturated carbocycles. The van der Waals surface area contributed by atoms with Crippen LogP contribution in [-0.4, -0.2) is 75.5 Å². The van der Waals surface area contributed by atoms with E-state index in [0.29, 0.717) is 29.1 Å². The number of esters is 1. The fourth-order valence-electron chi connectivity index (χ4n) is 4.37. The fraction of sp³-hybridized carbons (Fsp3) is 0.478. The highest BCUT2D eigenvalue weighted by Gasteiger charge is 2.32. The maximum atomic E-state index is 13.1. The number of nitrogens with one attached hydrogen (secondary N) is 1. The second kappa shape index (κ2) is 9.74. The summed E-state index contributed by atoms with van der Waals surface area (Å²) in [5, 5.41) is 3.28. The lowest BCUT2D eigenvalue weighted by Crippen LogP contribution is -2.48. The molecule has 2 aliphatic rings. The van der Waals surface area contributed by atoms with Gasteiger partial charge in [0.1, 0.15) is 5.00 Å². The van der Waals surface area contributed by atoms with Gasteiger partial charge in [-0.3, -0.25) is 4.79 Å². The smallest absolute Gasteiger partial charge is 0.341 e. The van der Waals surface area contributed by atoms with Gasteiger partial charge >= 0.3 is 5.97 Å². The van der Waals surface area contributed by atoms with E-state index in [1.54, 1.807) is 0 Å². The number of carbonyl (C=O) groups excluding carboxylic acids is 2. The van der Waals surface area contributed by atoms with Gasteiger partial charge in [-0.1, -0.05) is 0 Å². The summed E-state index contributed by atoms with van der Waals surface area (Å²) in [4.78, 5) is 28.7. The molecule has 11 heteroatoms. The number of thiophene rings is 1. The number of nitrogens with zero attached hydrogens (tertiary/aromatic N) is 2. The van der Waals surface area contributed by atoms with Crippen LogP contribution in [0.25, 0.3) is 0 Å². The number of anilines is 1. The third-order valence-electron chi connectivity index (χ3n) is 6.00. The third kappa shape index (κ3) is 4.89. The van der Waals surface area contributed by atoms with Crippen LogP contribution in [0.5, 0.6) is 0 Å². The quantitative estimate of drug-likeness (QED) is 0.620. The average Bonchev–Trinajstić information content (AvgIpc) is 3.14. The number of methoxy groups -OCH3 is 1. The summed E-state index contributed by atoms with van der Waals surface area (Å²) < 4.78 is 38.1. The molecule has 184 valence electrons. The first-order chi connectivity index (χ1) is 16.1. The molecule has 9 nitrogen and oxygen atoms in total. The van der Waals surface area contributed by atoms with Crippen LogP contribution in [0, 0.1) is 0 Å². The van der Waals surface area contributed by atoms with E-state index in [2.05, 4.69) is 10.2 Å². The zero-order chi connectivity index (χ0) is 24.6. The SMILES string of the molecule is COC(=O)c1c(NC(=O)c2ccc(S(=O)(=O)N3C[C@@H](C)O[C@@H](C)C3)cc2)sc2c1CCN(C)C2. The summed E-state index contributed by atoms with van der Waals surface area (Å²) in [6, 6.07) is 5.83. The molecule has 3 heterocycles. The van der Waals surface area contributed by atoms with E-state index in [0.717, 1.165) is 17.0 Å². The van der Waals surface area contributed by atoms with E-state index in [4.69, 9.17) is 9.47 Å². The largest absolute Gasteiger partial charge is 0.465 e. The molecule has 1 saturated heterocycles. The van der Waals surface area contributed by atoms with Crippen molar-refractivity contribution in [1.82, 2.24) is 9.21 Å². The van der Waals surface area contributed by atoms with Crippen molar-refractivity contribution in [2.24, 2.45) is 0 Å². The maximum Gasteiger partial charge on any atom is 0.341 e. The van der Waals surface area contributed by atoms with E-state index < -0.39 is 21.9 Å². The first kappa shape index (κ1) is 24.8. The van der Waals surface area contributed by atoms with Crippen LogP contribution in [0.15, 0.2) is 29.2 Å². The number of benzene rings is 1. The Labute approximate surface area is 203 Å². The zero-order valence-corrected chi connectivity index (χ0v) is 21.3. The van der Waals surface area contributed by atoms with Gasteiger partial charge in [-0.25, -0.2) is 13.2 Å². The number of amides is 1. The summed E-state index contributed by atoms with van der Waals surface area (Å²) in [7, 11) is -0.372. The molecule has 1 amide bonds. The molecule has 0 spiro atoms. The Morgan fingerprint density at radius 3 is 2.41 bits per heavy atom. The Hall–Kier alpha value is -2.31. The lowest BCUT2D eigenvalue weighted by Gasteiger charge is -2.34. The highest BCUT2D eigenvalue weighted by molar-refractivity contribution is 7.89. The molecular formula is C23H29N3O6S2. The van der Waals surface area contributed by atoms with Crippen LogP contribution in [0.4, 0.5) is 5.00 Å². The molecule has 0 radical (unpaired) electrons. The van der Waals surface area contributed by atoms with E-state index in [1.165, 1.54) is 47.0 Å². The maximum absolute atomic E-state index is 13.1. The number of morpholine rings is 1. The topological polar surface area (TPSA) is 105 Å². The Morgan fingerprint density at radius 1 is 1.15 bits per heavy atom. The Morgan fingerprint density at radius 2 is 1.79 bits per heavy atom. The lowest BCUT2D eigenvalue weighted by atomic mass is 10.0. The van der Waals surface area contributed by atoms with Gasteiger partial charge < -0.3 is 19.7 Å². The Kier molecular flexibility index (Phi) is 7.11. The van der Waals surface area contributed by atoms with Gasteiger partial charge in [0.05, 0.1) is 29.8 Å². The van der Waals surface area contributed by atoms with Crippen molar-refractivity contribution in [3.8, 4) is 0 Å². The summed E-state index contributed by atoms with van der Waals surface area (Å²) in [5.41, 5.74) is 1.61. The summed E-state index contributed by atoms with van der Waals surface area (Å²) >= 11 is 1.37. The normalized spacial score (nSPS) is 21.6. The van der Waals surface area contributed by atoms with Crippen molar-refractivity contribution in [3.63, 3.8) is 0 Å². The van der Waals surface area contributed by atoms with E-state index in [-0.39, 0.29) is 30.2 Å². The van der Waals surface area contributed by atoms with Crippen molar-refractivity contribution in [2.45, 2.75) is 43.9 Å². The van der Waals surface area contributed by atoms with Gasteiger partial charge in [-0.15, -0.1) is 11.3 Å². The van der Waals surface area contributed by atoms with Gasteiger partial charge in [0.15, 0.2) is 0 Å². The second-order valence-corrected chi connectivity index (χ2v) is 11.8. The van der Waals surface area contributed by atoms with Crippen molar-refractivity contribution in [1.29, 1.82) is 0 Å². The molecule has 4 rings (SSSR count). The van der Waals surface area contributed by atoms with Crippen molar-refractivity contribution >= 4 is 38.2 Å². The van der Waals surface area contributed by atoms with Crippen LogP contribution in [0.3, 0.4) is 0 Å². The highest BCUT2D eigenvalue weighted by atomic mass is 32.2. The molecule has 0 unspecified atom stereocenters. The summed E-state index contributed by atoms with van der Waals surface area (Å²) in [6.45, 7) is 5.76. The molecule has 1 aromatic heterocycles. The van der Waals surface area contributed by atoms with Crippen molar-refractivity contribution in [2.75, 3.05) is 39.1 Å². The van der Waals surface area contributed by atoms with Crippen LogP contribution in [0.1, 0.15) is 45.0 Å². The van der Waals surface area contributed by atoms with E-state index in [1.807, 2.05) is 20.9 Å². The molecule has 1 N–H and O–H groups in total. The predicted octanol–water partition coefficient (Wildman–Crippen LogP) is 2.57. The number of carbonyl (C=O) groups is 2. The summed E-state index contributed by atoms with van der Waals surface area (Å²) in [5.74, 6) is -0.901. The van der Waals surface area contributed by atoms with Crippen LogP contribution in [0.2, 0.25) is 0 Å². The predicted molar refractivity (Wildman–Crippen MR) is 129 cm³/mol. The molecule has 0 bridgehead atoms. The van der Waals surface area contributed by atoms with Gasteiger partial charge in [-0.05, 0) is 57.1 Å². The highest BCUT2D eigenvalue weighted by Crippen LogP contribution is 2.37. The number of hydrogen-bond donors (Lipinski definition) is 1. The minimum Gasteiger partial charge on any atom is -0.465 e. The monoisotopic (exact) mass is 507 g/mol. The number of sulfonamides is 1. The molecule has 2 atom stereocenters. The molecular weight excluding hydrogens is 478 g/mol. The first-order valence-electron chi connectivity index (χ1n) is 11.1. The number of fused-ring (bicyclic) bond motifs is 1. The molecule has 1 fully saturated rings. The van der Waals surface area contributed by atoms with Crippen molar-refractivity contribution in [3.05, 3.63) is 45.8 Å². The Bertz CT molecular complexity index is 1180. The second-order valence-electron chi connectivity index (χ2n) is 8.75. The standard InChI is InChI=1S/C23H29N3O6S2/c1-14-11-26(12-15(2)32-14)34(29,30)17-7-5-16(6-8-17)21(27)24-22-20(23(28)31-4)18-9-10-25(3)13-19(18)33-22/h5-8,14-15H,9-13H2,1-4H3,(H,24,27)/t14-,15+. The molecule has 34 heavy (non-hydrogen) atoms. The number of likely N-dealkylation sites (N-methyl/N-ethyl adjacent to an activating group) is 1. The van der Waals surface area contributed by atoms with E-state index in [9.17, 15) is 18.0 Å². The number of hydrogen-bond acceptors (Lipinski definition) is 8. The molecule has 0 aliphatic carbocycles. The van der Waals surface area contributed by atoms with Crippen LogP contribution < -0.4 is 5.32 Å². The minimum atomic E-state index is -3.70. The van der Waals surface area contributed by atoms with E-state index >= 15 is 0 Å². The van der Waals surface area contributed by atoms with Gasteiger partial charge in [-0.2, -0.15) is 4.31 Å². The van der Waals surface area contributed by atoms with Crippen LogP contribution >= 0.6 is 11.3 Å². The lowest BCUT2D eigenvalue weighted by molar-refractivity contribution is -0.0440. The average molecular weight is 508 g/mol. The molecule has 1 aromatic carbocycles. The molecule has 2 aliphatic heterocycles. The Balaban J connectivity index is 1.54. The van der Waals surface area contributed by atoms with Crippen LogP contribution in [-0.2, 0) is 32.5 Å².